The molecule has 0 aromatic heterocycles. The normalized spacial score (nSPS) is 10.4. The van der Waals surface area contributed by atoms with Crippen molar-refractivity contribution >= 4 is 27.4 Å². The third-order valence-electron chi connectivity index (χ3n) is 2.02. The van der Waals surface area contributed by atoms with Crippen molar-refractivity contribution in [3.05, 3.63) is 33.9 Å². The Hall–Kier alpha value is -1.57. The molecule has 1 aromatic rings. The van der Waals surface area contributed by atoms with Crippen LogP contribution in [0.2, 0.25) is 0 Å². The van der Waals surface area contributed by atoms with Crippen molar-refractivity contribution < 1.29 is 23.2 Å². The molecule has 98 valence electrons. The van der Waals surface area contributed by atoms with Crippen LogP contribution in [0.5, 0.6) is 5.75 Å². The Bertz CT molecular complexity index is 467. The molecule has 0 aliphatic rings. The number of hydrogen-bond donors (Lipinski definition) is 0. The van der Waals surface area contributed by atoms with Crippen molar-refractivity contribution in [2.75, 3.05) is 5.33 Å². The summed E-state index contributed by atoms with van der Waals surface area (Å²) >= 11 is 3.03. The summed E-state index contributed by atoms with van der Waals surface area (Å²) < 4.78 is 28.5. The smallest absolute Gasteiger partial charge is 0.387 e. The summed E-state index contributed by atoms with van der Waals surface area (Å²) in [5.74, 6) is -1.20. The molecule has 0 bridgehead atoms. The highest BCUT2D eigenvalue weighted by molar-refractivity contribution is 9.09. The zero-order valence-corrected chi connectivity index (χ0v) is 10.5. The van der Waals surface area contributed by atoms with E-state index in [-0.39, 0.29) is 12.0 Å². The lowest BCUT2D eigenvalue weighted by atomic mass is 10.1. The number of carbonyl (C=O) groups excluding carboxylic acids is 1. The molecule has 5 nitrogen and oxygen atoms in total. The molecule has 0 amide bonds. The first-order chi connectivity index (χ1) is 8.47. The van der Waals surface area contributed by atoms with Crippen molar-refractivity contribution in [1.29, 1.82) is 0 Å². The molecule has 0 aliphatic carbocycles. The summed E-state index contributed by atoms with van der Waals surface area (Å²) in [5.41, 5.74) is -0.875. The van der Waals surface area contributed by atoms with Gasteiger partial charge < -0.3 is 4.74 Å². The summed E-state index contributed by atoms with van der Waals surface area (Å²) in [7, 11) is 0. The number of ether oxygens (including phenoxy) is 1. The minimum atomic E-state index is -3.23. The zero-order chi connectivity index (χ0) is 13.7. The van der Waals surface area contributed by atoms with Crippen LogP contribution in [0.4, 0.5) is 14.5 Å². The molecular weight excluding hydrogens is 316 g/mol. The standard InChI is InChI=1S/C10H8BrF2NO4/c11-5-4-8(15)6-2-1-3-7(14(16)17)9(6)18-10(12)13/h1-3,10H,4-5H2. The molecule has 0 N–H and O–H groups in total. The maximum absolute atomic E-state index is 12.2. The van der Waals surface area contributed by atoms with Crippen LogP contribution in [-0.4, -0.2) is 22.6 Å². The Labute approximate surface area is 109 Å². The lowest BCUT2D eigenvalue weighted by Gasteiger charge is -2.09. The van der Waals surface area contributed by atoms with E-state index in [0.29, 0.717) is 5.33 Å². The van der Waals surface area contributed by atoms with E-state index in [1.54, 1.807) is 0 Å². The summed E-state index contributed by atoms with van der Waals surface area (Å²) in [5, 5.41) is 11.0. The Morgan fingerprint density at radius 3 is 2.67 bits per heavy atom. The molecule has 0 unspecified atom stereocenters. The van der Waals surface area contributed by atoms with Gasteiger partial charge in [-0.05, 0) is 6.07 Å². The summed E-state index contributed by atoms with van der Waals surface area (Å²) in [4.78, 5) is 21.5. The number of nitrogens with zero attached hydrogens (tertiary/aromatic N) is 1. The van der Waals surface area contributed by atoms with Gasteiger partial charge in [-0.15, -0.1) is 0 Å². The van der Waals surface area contributed by atoms with E-state index in [2.05, 4.69) is 20.7 Å². The quantitative estimate of drug-likeness (QED) is 0.349. The number of rotatable bonds is 6. The lowest BCUT2D eigenvalue weighted by Crippen LogP contribution is -2.10. The van der Waals surface area contributed by atoms with Crippen LogP contribution in [0.1, 0.15) is 16.8 Å². The highest BCUT2D eigenvalue weighted by atomic mass is 79.9. The van der Waals surface area contributed by atoms with Crippen LogP contribution in [0, 0.1) is 10.1 Å². The topological polar surface area (TPSA) is 69.4 Å². The minimum absolute atomic E-state index is 0.0285. The molecule has 0 saturated carbocycles. The highest BCUT2D eigenvalue weighted by Crippen LogP contribution is 2.33. The van der Waals surface area contributed by atoms with Crippen molar-refractivity contribution in [3.8, 4) is 5.75 Å². The van der Waals surface area contributed by atoms with E-state index in [1.807, 2.05) is 0 Å². The second kappa shape index (κ2) is 6.39. The molecule has 0 fully saturated rings. The number of halogens is 3. The van der Waals surface area contributed by atoms with Crippen molar-refractivity contribution in [3.63, 3.8) is 0 Å². The number of alkyl halides is 3. The van der Waals surface area contributed by atoms with E-state index in [4.69, 9.17) is 0 Å². The summed E-state index contributed by atoms with van der Waals surface area (Å²) in [6.45, 7) is -3.23. The number of carbonyl (C=O) groups is 1. The van der Waals surface area contributed by atoms with Crippen LogP contribution in [0.25, 0.3) is 0 Å². The second-order valence-electron chi connectivity index (χ2n) is 3.15. The van der Waals surface area contributed by atoms with Gasteiger partial charge in [-0.1, -0.05) is 22.0 Å². The van der Waals surface area contributed by atoms with Crippen molar-refractivity contribution in [1.82, 2.24) is 0 Å². The molecule has 0 aliphatic heterocycles. The Morgan fingerprint density at radius 2 is 2.17 bits per heavy atom. The van der Waals surface area contributed by atoms with Gasteiger partial charge in [-0.3, -0.25) is 14.9 Å². The predicted octanol–water partition coefficient (Wildman–Crippen LogP) is 3.16. The molecule has 0 spiro atoms. The monoisotopic (exact) mass is 323 g/mol. The van der Waals surface area contributed by atoms with E-state index in [9.17, 15) is 23.7 Å². The number of nitro groups is 1. The van der Waals surface area contributed by atoms with Gasteiger partial charge in [0.15, 0.2) is 5.78 Å². The summed E-state index contributed by atoms with van der Waals surface area (Å²) in [6.07, 6.45) is 0.0285. The van der Waals surface area contributed by atoms with Gasteiger partial charge in [0, 0.05) is 17.8 Å². The highest BCUT2D eigenvalue weighted by Gasteiger charge is 2.25. The molecular formula is C10H8BrF2NO4. The van der Waals surface area contributed by atoms with Crippen LogP contribution in [-0.2, 0) is 0 Å². The maximum Gasteiger partial charge on any atom is 0.387 e. The Morgan fingerprint density at radius 1 is 1.50 bits per heavy atom. The SMILES string of the molecule is O=C(CCBr)c1cccc([N+](=O)[O-])c1OC(F)F. The molecule has 18 heavy (non-hydrogen) atoms. The minimum Gasteiger partial charge on any atom is -0.427 e. The number of ketones is 1. The van der Waals surface area contributed by atoms with Crippen LogP contribution >= 0.6 is 15.9 Å². The molecule has 1 aromatic carbocycles. The molecule has 0 radical (unpaired) electrons. The van der Waals surface area contributed by atoms with Gasteiger partial charge in [0.25, 0.3) is 0 Å². The van der Waals surface area contributed by atoms with Gasteiger partial charge >= 0.3 is 12.3 Å². The van der Waals surface area contributed by atoms with Gasteiger partial charge in [-0.25, -0.2) is 0 Å². The van der Waals surface area contributed by atoms with Gasteiger partial charge in [-0.2, -0.15) is 8.78 Å². The van der Waals surface area contributed by atoms with Crippen molar-refractivity contribution in [2.24, 2.45) is 0 Å². The van der Waals surface area contributed by atoms with Crippen LogP contribution < -0.4 is 4.74 Å². The van der Waals surface area contributed by atoms with E-state index < -0.39 is 28.8 Å². The fourth-order valence-corrected chi connectivity index (χ4v) is 1.68. The molecule has 0 saturated heterocycles. The Kier molecular flexibility index (Phi) is 5.14. The molecule has 0 heterocycles. The second-order valence-corrected chi connectivity index (χ2v) is 3.94. The van der Waals surface area contributed by atoms with Crippen molar-refractivity contribution in [2.45, 2.75) is 13.0 Å². The van der Waals surface area contributed by atoms with Crippen LogP contribution in [0.15, 0.2) is 18.2 Å². The lowest BCUT2D eigenvalue weighted by molar-refractivity contribution is -0.386. The molecule has 8 heteroatoms. The fourth-order valence-electron chi connectivity index (χ4n) is 1.32. The number of para-hydroxylation sites is 1. The average Bonchev–Trinajstić information content (AvgIpc) is 2.28. The first-order valence-corrected chi connectivity index (χ1v) is 5.91. The number of benzene rings is 1. The number of nitro benzene ring substituents is 1. The van der Waals surface area contributed by atoms with Gasteiger partial charge in [0.05, 0.1) is 10.5 Å². The van der Waals surface area contributed by atoms with E-state index in [1.165, 1.54) is 12.1 Å². The van der Waals surface area contributed by atoms with E-state index >= 15 is 0 Å². The number of hydrogen-bond acceptors (Lipinski definition) is 4. The van der Waals surface area contributed by atoms with E-state index in [0.717, 1.165) is 6.07 Å². The number of Topliss-reactive ketones (excluding diaryl/α,β-unsaturated/α-hetero) is 1. The molecule has 1 rings (SSSR count). The first-order valence-electron chi connectivity index (χ1n) is 4.78. The zero-order valence-electron chi connectivity index (χ0n) is 8.94. The van der Waals surface area contributed by atoms with Gasteiger partial charge in [0.1, 0.15) is 0 Å². The predicted molar refractivity (Wildman–Crippen MR) is 62.5 cm³/mol. The fraction of sp³-hybridized carbons (Fsp3) is 0.300. The third kappa shape index (κ3) is 3.46. The first kappa shape index (κ1) is 14.5. The summed E-state index contributed by atoms with van der Waals surface area (Å²) in [6, 6.07) is 3.47. The largest absolute Gasteiger partial charge is 0.427 e. The third-order valence-corrected chi connectivity index (χ3v) is 2.42. The van der Waals surface area contributed by atoms with Gasteiger partial charge in [0.2, 0.25) is 5.75 Å². The Balaban J connectivity index is 3.27. The molecule has 0 atom stereocenters. The van der Waals surface area contributed by atoms with Crippen LogP contribution in [0.3, 0.4) is 0 Å². The maximum atomic E-state index is 12.2. The average molecular weight is 324 g/mol.